The Hall–Kier alpha value is -1.85. The van der Waals surface area contributed by atoms with Gasteiger partial charge in [-0.3, -0.25) is 4.79 Å². The molecule has 4 rings (SSSR count). The van der Waals surface area contributed by atoms with Gasteiger partial charge in [-0.05, 0) is 38.1 Å². The Morgan fingerprint density at radius 2 is 2.00 bits per heavy atom. The zero-order valence-electron chi connectivity index (χ0n) is 11.4. The van der Waals surface area contributed by atoms with Gasteiger partial charge in [0.15, 0.2) is 5.65 Å². The van der Waals surface area contributed by atoms with E-state index in [0.29, 0.717) is 11.6 Å². The fourth-order valence-electron chi connectivity index (χ4n) is 3.15. The molecule has 3 aromatic rings. The monoisotopic (exact) mass is 302 g/mol. The molecule has 108 valence electrons. The number of fused-ring (bicyclic) bond motifs is 3. The van der Waals surface area contributed by atoms with Crippen LogP contribution in [0.4, 0.5) is 0 Å². The first-order valence-corrected chi connectivity index (χ1v) is 7.50. The maximum absolute atomic E-state index is 12.2. The molecule has 1 N–H and O–H groups in total. The van der Waals surface area contributed by atoms with E-state index >= 15 is 0 Å². The van der Waals surface area contributed by atoms with E-state index in [1.54, 1.807) is 6.07 Å². The van der Waals surface area contributed by atoms with Crippen LogP contribution in [0.15, 0.2) is 35.1 Å². The van der Waals surface area contributed by atoms with Crippen molar-refractivity contribution in [1.82, 2.24) is 19.0 Å². The highest BCUT2D eigenvalue weighted by atomic mass is 35.5. The van der Waals surface area contributed by atoms with Crippen molar-refractivity contribution in [3.63, 3.8) is 0 Å². The molecule has 0 bridgehead atoms. The van der Waals surface area contributed by atoms with Crippen molar-refractivity contribution in [3.8, 4) is 0 Å². The lowest BCUT2D eigenvalue weighted by molar-refractivity contribution is 0.446. The number of nitrogens with one attached hydrogen (secondary N) is 1. The lowest BCUT2D eigenvalue weighted by Gasteiger charge is -2.23. The summed E-state index contributed by atoms with van der Waals surface area (Å²) in [6.07, 6.45) is 2.02. The number of aromatic nitrogens is 3. The zero-order valence-corrected chi connectivity index (χ0v) is 12.2. The molecule has 0 aliphatic carbocycles. The Morgan fingerprint density at radius 1 is 1.24 bits per heavy atom. The van der Waals surface area contributed by atoms with E-state index in [9.17, 15) is 4.79 Å². The summed E-state index contributed by atoms with van der Waals surface area (Å²) >= 11 is 6.19. The van der Waals surface area contributed by atoms with Gasteiger partial charge in [0.25, 0.3) is 5.56 Å². The number of benzene rings is 1. The molecule has 6 heteroatoms. The standard InChI is InChI=1S/C15H15ClN4O/c16-19-14(21)9-13(10-5-7-17-8-6-10)20-15(19)11-3-1-2-4-12(11)18-20/h1-4,9-10,17H,5-8H2. The third-order valence-corrected chi connectivity index (χ3v) is 4.53. The Kier molecular flexibility index (Phi) is 2.97. The van der Waals surface area contributed by atoms with Crippen molar-refractivity contribution in [1.29, 1.82) is 0 Å². The van der Waals surface area contributed by atoms with Crippen LogP contribution in [-0.4, -0.2) is 26.8 Å². The maximum Gasteiger partial charge on any atom is 0.268 e. The molecule has 1 aromatic carbocycles. The molecule has 21 heavy (non-hydrogen) atoms. The van der Waals surface area contributed by atoms with Gasteiger partial charge in [-0.25, -0.2) is 4.52 Å². The fraction of sp³-hybridized carbons (Fsp3) is 0.333. The van der Waals surface area contributed by atoms with Crippen LogP contribution in [0, 0.1) is 0 Å². The molecule has 1 fully saturated rings. The number of halogens is 1. The Labute approximate surface area is 126 Å². The largest absolute Gasteiger partial charge is 0.317 e. The summed E-state index contributed by atoms with van der Waals surface area (Å²) in [7, 11) is 0. The van der Waals surface area contributed by atoms with Gasteiger partial charge in [0, 0.05) is 29.1 Å². The van der Waals surface area contributed by atoms with Crippen molar-refractivity contribution in [3.05, 3.63) is 46.4 Å². The number of rotatable bonds is 1. The average molecular weight is 303 g/mol. The third-order valence-electron chi connectivity index (χ3n) is 4.21. The Bertz CT molecular complexity index is 876. The first-order valence-electron chi connectivity index (χ1n) is 7.16. The molecule has 1 aliphatic rings. The van der Waals surface area contributed by atoms with Gasteiger partial charge in [-0.1, -0.05) is 12.1 Å². The molecule has 2 aromatic heterocycles. The summed E-state index contributed by atoms with van der Waals surface area (Å²) in [5.41, 5.74) is 2.29. The van der Waals surface area contributed by atoms with E-state index in [1.807, 2.05) is 28.8 Å². The van der Waals surface area contributed by atoms with Crippen LogP contribution >= 0.6 is 11.8 Å². The van der Waals surface area contributed by atoms with Crippen molar-refractivity contribution in [2.24, 2.45) is 0 Å². The van der Waals surface area contributed by atoms with Gasteiger partial charge in [-0.15, -0.1) is 0 Å². The zero-order chi connectivity index (χ0) is 14.4. The van der Waals surface area contributed by atoms with Gasteiger partial charge < -0.3 is 5.32 Å². The minimum Gasteiger partial charge on any atom is -0.317 e. The van der Waals surface area contributed by atoms with Crippen LogP contribution in [0.2, 0.25) is 0 Å². The lowest BCUT2D eigenvalue weighted by atomic mass is 9.94. The van der Waals surface area contributed by atoms with E-state index in [1.165, 1.54) is 4.09 Å². The molecule has 3 heterocycles. The maximum atomic E-state index is 12.2. The van der Waals surface area contributed by atoms with Crippen molar-refractivity contribution in [2.45, 2.75) is 18.8 Å². The third kappa shape index (κ3) is 1.96. The summed E-state index contributed by atoms with van der Waals surface area (Å²) in [5.74, 6) is 0.341. The van der Waals surface area contributed by atoms with Gasteiger partial charge >= 0.3 is 0 Å². The molecule has 0 atom stereocenters. The van der Waals surface area contributed by atoms with Crippen LogP contribution in [0.25, 0.3) is 16.6 Å². The molecule has 0 radical (unpaired) electrons. The summed E-state index contributed by atoms with van der Waals surface area (Å²) in [5, 5.41) is 8.89. The van der Waals surface area contributed by atoms with Crippen LogP contribution in [0.5, 0.6) is 0 Å². The lowest BCUT2D eigenvalue weighted by Crippen LogP contribution is -2.29. The summed E-state index contributed by atoms with van der Waals surface area (Å²) in [6.45, 7) is 1.94. The molecular formula is C15H15ClN4O. The highest BCUT2D eigenvalue weighted by molar-refractivity contribution is 6.18. The molecule has 1 aliphatic heterocycles. The predicted octanol–water partition coefficient (Wildman–Crippen LogP) is 2.12. The smallest absolute Gasteiger partial charge is 0.268 e. The molecule has 0 saturated carbocycles. The average Bonchev–Trinajstić information content (AvgIpc) is 2.91. The first-order chi connectivity index (χ1) is 10.3. The fourth-order valence-corrected chi connectivity index (χ4v) is 3.36. The van der Waals surface area contributed by atoms with E-state index in [4.69, 9.17) is 11.8 Å². The summed E-state index contributed by atoms with van der Waals surface area (Å²) in [6, 6.07) is 9.39. The molecule has 1 saturated heterocycles. The van der Waals surface area contributed by atoms with Gasteiger partial charge in [0.1, 0.15) is 0 Å². The van der Waals surface area contributed by atoms with Crippen molar-refractivity contribution in [2.75, 3.05) is 13.1 Å². The normalized spacial score (nSPS) is 16.8. The number of hydrogen-bond donors (Lipinski definition) is 1. The summed E-state index contributed by atoms with van der Waals surface area (Å²) in [4.78, 5) is 12.2. The van der Waals surface area contributed by atoms with Crippen LogP contribution < -0.4 is 10.9 Å². The van der Waals surface area contributed by atoms with Gasteiger partial charge in [-0.2, -0.15) is 9.18 Å². The summed E-state index contributed by atoms with van der Waals surface area (Å²) < 4.78 is 3.01. The highest BCUT2D eigenvalue weighted by Crippen LogP contribution is 2.27. The van der Waals surface area contributed by atoms with E-state index < -0.39 is 0 Å². The SMILES string of the molecule is O=c1cc(C2CCNCC2)n2nc3ccccc3c2n1Cl. The Balaban J connectivity index is 2.07. The van der Waals surface area contributed by atoms with Crippen LogP contribution in [0.3, 0.4) is 0 Å². The molecule has 0 amide bonds. The van der Waals surface area contributed by atoms with E-state index in [2.05, 4.69) is 10.4 Å². The van der Waals surface area contributed by atoms with E-state index in [0.717, 1.165) is 42.5 Å². The number of nitrogens with zero attached hydrogens (tertiary/aromatic N) is 3. The minimum atomic E-state index is -0.191. The molecule has 0 unspecified atom stereocenters. The predicted molar refractivity (Wildman–Crippen MR) is 83.1 cm³/mol. The van der Waals surface area contributed by atoms with Gasteiger partial charge in [0.05, 0.1) is 11.2 Å². The second kappa shape index (κ2) is 4.86. The first kappa shape index (κ1) is 12.9. The molecular weight excluding hydrogens is 288 g/mol. The number of piperidine rings is 1. The molecule has 0 spiro atoms. The van der Waals surface area contributed by atoms with Gasteiger partial charge in [0.2, 0.25) is 0 Å². The van der Waals surface area contributed by atoms with Crippen LogP contribution in [-0.2, 0) is 0 Å². The second-order valence-corrected chi connectivity index (χ2v) is 5.80. The highest BCUT2D eigenvalue weighted by Gasteiger charge is 2.22. The minimum absolute atomic E-state index is 0.191. The second-order valence-electron chi connectivity index (χ2n) is 5.47. The Morgan fingerprint density at radius 3 is 2.81 bits per heavy atom. The van der Waals surface area contributed by atoms with Crippen molar-refractivity contribution >= 4 is 28.3 Å². The quantitative estimate of drug-likeness (QED) is 0.749. The number of hydrogen-bond acceptors (Lipinski definition) is 3. The topological polar surface area (TPSA) is 51.3 Å². The van der Waals surface area contributed by atoms with Crippen molar-refractivity contribution < 1.29 is 0 Å². The molecule has 5 nitrogen and oxygen atoms in total. The van der Waals surface area contributed by atoms with E-state index in [-0.39, 0.29) is 5.56 Å². The van der Waals surface area contributed by atoms with Crippen LogP contribution in [0.1, 0.15) is 24.5 Å².